The van der Waals surface area contributed by atoms with Gasteiger partial charge in [-0.25, -0.2) is 4.39 Å². The molecule has 20 heavy (non-hydrogen) atoms. The quantitative estimate of drug-likeness (QED) is 0.827. The molecule has 0 heterocycles. The van der Waals surface area contributed by atoms with Gasteiger partial charge in [0.1, 0.15) is 11.6 Å². The van der Waals surface area contributed by atoms with Gasteiger partial charge < -0.3 is 14.8 Å². The van der Waals surface area contributed by atoms with Gasteiger partial charge >= 0.3 is 7.12 Å². The summed E-state index contributed by atoms with van der Waals surface area (Å²) in [6.45, 7) is 0.376. The predicted octanol–water partition coefficient (Wildman–Crippen LogP) is 1.78. The van der Waals surface area contributed by atoms with Gasteiger partial charge in [-0.3, -0.25) is 0 Å². The van der Waals surface area contributed by atoms with Gasteiger partial charge in [-0.05, 0) is 23.8 Å². The molecule has 0 saturated carbocycles. The van der Waals surface area contributed by atoms with Crippen molar-refractivity contribution in [2.24, 2.45) is 0 Å². The summed E-state index contributed by atoms with van der Waals surface area (Å²) in [6.07, 6.45) is 0.645. The lowest BCUT2D eigenvalue weighted by molar-refractivity contribution is 0.320. The molecule has 0 aliphatic heterocycles. The van der Waals surface area contributed by atoms with Gasteiger partial charge in [0.2, 0.25) is 0 Å². The minimum atomic E-state index is -1.82. The molecule has 0 atom stereocenters. The maximum absolute atomic E-state index is 13.5. The summed E-state index contributed by atoms with van der Waals surface area (Å²) in [4.78, 5) is 0. The maximum atomic E-state index is 13.5. The molecule has 0 fully saturated rings. The molecule has 2 aromatic carbocycles. The Balaban J connectivity index is 1.93. The van der Waals surface area contributed by atoms with Gasteiger partial charge in [0.05, 0.1) is 6.61 Å². The van der Waals surface area contributed by atoms with E-state index in [2.05, 4.69) is 0 Å². The largest absolute Gasteiger partial charge is 0.493 e. The summed E-state index contributed by atoms with van der Waals surface area (Å²) < 4.78 is 18.9. The minimum absolute atomic E-state index is 0.174. The van der Waals surface area contributed by atoms with Crippen molar-refractivity contribution in [3.63, 3.8) is 0 Å². The highest BCUT2D eigenvalue weighted by molar-refractivity contribution is 6.58. The van der Waals surface area contributed by atoms with Crippen molar-refractivity contribution in [2.75, 3.05) is 6.61 Å². The van der Waals surface area contributed by atoms with Gasteiger partial charge in [-0.15, -0.1) is 0 Å². The van der Waals surface area contributed by atoms with Crippen LogP contribution in [0.25, 0.3) is 0 Å². The lowest BCUT2D eigenvalue weighted by Gasteiger charge is -2.08. The van der Waals surface area contributed by atoms with E-state index in [0.717, 1.165) is 11.6 Å². The van der Waals surface area contributed by atoms with E-state index >= 15 is 0 Å². The molecule has 0 radical (unpaired) electrons. The van der Waals surface area contributed by atoms with Crippen molar-refractivity contribution in [1.82, 2.24) is 0 Å². The maximum Gasteiger partial charge on any atom is 0.491 e. The molecular weight excluding hydrogens is 281 g/mol. The highest BCUT2D eigenvalue weighted by atomic mass is 35.5. The Morgan fingerprint density at radius 3 is 2.60 bits per heavy atom. The number of hydrogen-bond acceptors (Lipinski definition) is 3. The second-order valence-electron chi connectivity index (χ2n) is 4.29. The zero-order chi connectivity index (χ0) is 14.5. The molecule has 0 bridgehead atoms. The van der Waals surface area contributed by atoms with Crippen molar-refractivity contribution in [3.8, 4) is 5.75 Å². The molecule has 2 N–H and O–H groups in total. The van der Waals surface area contributed by atoms with Crippen LogP contribution in [0, 0.1) is 5.82 Å². The van der Waals surface area contributed by atoms with E-state index in [1.165, 1.54) is 12.1 Å². The molecule has 0 saturated heterocycles. The van der Waals surface area contributed by atoms with Crippen LogP contribution >= 0.6 is 11.6 Å². The van der Waals surface area contributed by atoms with Crippen LogP contribution in [-0.2, 0) is 6.42 Å². The summed E-state index contributed by atoms with van der Waals surface area (Å²) in [7, 11) is -1.82. The first-order chi connectivity index (χ1) is 9.56. The number of halogens is 2. The van der Waals surface area contributed by atoms with E-state index in [1.807, 2.05) is 18.2 Å². The van der Waals surface area contributed by atoms with Crippen LogP contribution in [0.4, 0.5) is 4.39 Å². The Bertz CT molecular complexity index is 592. The predicted molar refractivity (Wildman–Crippen MR) is 76.9 cm³/mol. The first-order valence-corrected chi connectivity index (χ1v) is 6.47. The molecule has 0 aliphatic carbocycles. The number of ether oxygens (including phenoxy) is 1. The van der Waals surface area contributed by atoms with Gasteiger partial charge in [-0.1, -0.05) is 29.8 Å². The molecule has 2 aromatic rings. The fraction of sp³-hybridized carbons (Fsp3) is 0.143. The third kappa shape index (κ3) is 3.97. The van der Waals surface area contributed by atoms with Crippen molar-refractivity contribution < 1.29 is 19.2 Å². The first-order valence-electron chi connectivity index (χ1n) is 6.09. The lowest BCUT2D eigenvalue weighted by atomic mass is 9.80. The summed E-state index contributed by atoms with van der Waals surface area (Å²) in [6, 6.07) is 11.3. The van der Waals surface area contributed by atoms with Crippen molar-refractivity contribution in [1.29, 1.82) is 0 Å². The molecule has 104 valence electrons. The van der Waals surface area contributed by atoms with Crippen LogP contribution in [0.3, 0.4) is 0 Å². The molecule has 0 aromatic heterocycles. The van der Waals surface area contributed by atoms with Crippen molar-refractivity contribution in [3.05, 3.63) is 58.9 Å². The van der Waals surface area contributed by atoms with Gasteiger partial charge in [0.15, 0.2) is 0 Å². The fourth-order valence-corrected chi connectivity index (χ4v) is 2.00. The average molecular weight is 295 g/mol. The molecule has 0 aliphatic rings. The average Bonchev–Trinajstić information content (AvgIpc) is 2.38. The summed E-state index contributed by atoms with van der Waals surface area (Å²) >= 11 is 5.87. The highest BCUT2D eigenvalue weighted by Gasteiger charge is 2.16. The van der Waals surface area contributed by atoms with E-state index < -0.39 is 12.9 Å². The summed E-state index contributed by atoms with van der Waals surface area (Å²) in [5.74, 6) is -0.366. The SMILES string of the molecule is OB(O)c1ccc(OCCc2cccc(Cl)c2)cc1F. The van der Waals surface area contributed by atoms with Gasteiger partial charge in [0.25, 0.3) is 0 Å². The van der Waals surface area contributed by atoms with E-state index in [9.17, 15) is 4.39 Å². The third-order valence-electron chi connectivity index (χ3n) is 2.80. The van der Waals surface area contributed by atoms with E-state index in [1.54, 1.807) is 6.07 Å². The second-order valence-corrected chi connectivity index (χ2v) is 4.72. The van der Waals surface area contributed by atoms with Crippen LogP contribution in [-0.4, -0.2) is 23.8 Å². The molecule has 3 nitrogen and oxygen atoms in total. The Morgan fingerprint density at radius 2 is 1.95 bits per heavy atom. The van der Waals surface area contributed by atoms with Crippen LogP contribution in [0.1, 0.15) is 5.56 Å². The minimum Gasteiger partial charge on any atom is -0.493 e. The first kappa shape index (κ1) is 14.8. The smallest absolute Gasteiger partial charge is 0.491 e. The van der Waals surface area contributed by atoms with Crippen LogP contribution in [0.5, 0.6) is 5.75 Å². The number of benzene rings is 2. The Kier molecular flexibility index (Phi) is 5.01. The van der Waals surface area contributed by atoms with E-state index in [-0.39, 0.29) is 5.46 Å². The highest BCUT2D eigenvalue weighted by Crippen LogP contribution is 2.14. The fourth-order valence-electron chi connectivity index (χ4n) is 1.79. The normalized spacial score (nSPS) is 10.4. The molecule has 0 amide bonds. The van der Waals surface area contributed by atoms with Crippen LogP contribution in [0.2, 0.25) is 5.02 Å². The van der Waals surface area contributed by atoms with Crippen molar-refractivity contribution in [2.45, 2.75) is 6.42 Å². The standard InChI is InChI=1S/C14H13BClFO3/c16-11-3-1-2-10(8-11)6-7-20-12-4-5-13(15(18)19)14(17)9-12/h1-5,8-9,18-19H,6-7H2. The number of rotatable bonds is 5. The van der Waals surface area contributed by atoms with Gasteiger partial charge in [0, 0.05) is 23.0 Å². The number of hydrogen-bond donors (Lipinski definition) is 2. The lowest BCUT2D eigenvalue weighted by Crippen LogP contribution is -2.32. The molecule has 0 unspecified atom stereocenters. The van der Waals surface area contributed by atoms with Crippen molar-refractivity contribution >= 4 is 24.2 Å². The zero-order valence-corrected chi connectivity index (χ0v) is 11.3. The Labute approximate surface area is 121 Å². The molecule has 0 spiro atoms. The molecule has 2 rings (SSSR count). The van der Waals surface area contributed by atoms with Crippen LogP contribution < -0.4 is 10.2 Å². The third-order valence-corrected chi connectivity index (χ3v) is 3.03. The Morgan fingerprint density at radius 1 is 1.15 bits per heavy atom. The molecular formula is C14H13BClFO3. The molecule has 6 heteroatoms. The summed E-state index contributed by atoms with van der Waals surface area (Å²) in [5.41, 5.74) is 0.854. The monoisotopic (exact) mass is 294 g/mol. The van der Waals surface area contributed by atoms with Crippen LogP contribution in [0.15, 0.2) is 42.5 Å². The zero-order valence-electron chi connectivity index (χ0n) is 10.6. The van der Waals surface area contributed by atoms with E-state index in [4.69, 9.17) is 26.4 Å². The van der Waals surface area contributed by atoms with E-state index in [0.29, 0.717) is 23.8 Å². The van der Waals surface area contributed by atoms with Gasteiger partial charge in [-0.2, -0.15) is 0 Å². The summed E-state index contributed by atoms with van der Waals surface area (Å²) in [5, 5.41) is 18.5. The topological polar surface area (TPSA) is 49.7 Å². The Hall–Kier alpha value is -1.56. The second kappa shape index (κ2) is 6.75.